The zero-order valence-corrected chi connectivity index (χ0v) is 15.9. The predicted molar refractivity (Wildman–Crippen MR) is 102 cm³/mol. The van der Waals surface area contributed by atoms with E-state index in [0.717, 1.165) is 35.0 Å². The number of methoxy groups -OCH3 is 1. The minimum absolute atomic E-state index is 0.136. The molecule has 2 aromatic carbocycles. The third-order valence-corrected chi connectivity index (χ3v) is 5.74. The Morgan fingerprint density at radius 2 is 1.88 bits per heavy atom. The summed E-state index contributed by atoms with van der Waals surface area (Å²) in [6.07, 6.45) is 3.21. The molecule has 0 radical (unpaired) electrons. The van der Waals surface area contributed by atoms with Gasteiger partial charge >= 0.3 is 0 Å². The van der Waals surface area contributed by atoms with Crippen LogP contribution in [-0.2, 0) is 11.3 Å². The number of benzene rings is 2. The van der Waals surface area contributed by atoms with E-state index in [1.807, 2.05) is 18.2 Å². The zero-order chi connectivity index (χ0) is 17.4. The molecule has 2 unspecified atom stereocenters. The van der Waals surface area contributed by atoms with Gasteiger partial charge in [-0.1, -0.05) is 46.3 Å². The second-order valence-electron chi connectivity index (χ2n) is 7.01. The average molecular weight is 400 g/mol. The van der Waals surface area contributed by atoms with Crippen molar-refractivity contribution in [3.8, 4) is 5.75 Å². The molecule has 0 N–H and O–H groups in total. The van der Waals surface area contributed by atoms with E-state index in [9.17, 15) is 4.79 Å². The summed E-state index contributed by atoms with van der Waals surface area (Å²) >= 11 is 3.47. The summed E-state index contributed by atoms with van der Waals surface area (Å²) in [5.74, 6) is 1.68. The maximum Gasteiger partial charge on any atom is 0.226 e. The van der Waals surface area contributed by atoms with Gasteiger partial charge in [-0.05, 0) is 48.9 Å². The van der Waals surface area contributed by atoms with Crippen molar-refractivity contribution >= 4 is 21.8 Å². The minimum Gasteiger partial charge on any atom is -0.496 e. The van der Waals surface area contributed by atoms with Gasteiger partial charge in [0.2, 0.25) is 5.91 Å². The summed E-state index contributed by atoms with van der Waals surface area (Å²) in [5, 5.41) is 0. The van der Waals surface area contributed by atoms with Gasteiger partial charge in [-0.25, -0.2) is 0 Å². The first-order chi connectivity index (χ1) is 12.2. The minimum atomic E-state index is 0.136. The largest absolute Gasteiger partial charge is 0.496 e. The van der Waals surface area contributed by atoms with Crippen molar-refractivity contribution in [2.45, 2.75) is 37.8 Å². The Morgan fingerprint density at radius 3 is 2.56 bits per heavy atom. The van der Waals surface area contributed by atoms with Crippen LogP contribution >= 0.6 is 15.9 Å². The molecule has 2 aliphatic rings. The van der Waals surface area contributed by atoms with Crippen molar-refractivity contribution in [2.24, 2.45) is 5.92 Å². The third-order valence-electron chi connectivity index (χ3n) is 5.21. The van der Waals surface area contributed by atoms with E-state index in [4.69, 9.17) is 4.74 Å². The lowest BCUT2D eigenvalue weighted by Crippen LogP contribution is -2.34. The number of hydrogen-bond acceptors (Lipinski definition) is 2. The highest BCUT2D eigenvalue weighted by atomic mass is 79.9. The second kappa shape index (κ2) is 6.83. The van der Waals surface area contributed by atoms with Crippen LogP contribution in [0.15, 0.2) is 53.0 Å². The molecular formula is C21H22BrNO2. The molecule has 2 fully saturated rings. The maximum absolute atomic E-state index is 13.1. The Kier molecular flexibility index (Phi) is 4.55. The average Bonchev–Trinajstić information content (AvgIpc) is 3.53. The van der Waals surface area contributed by atoms with Crippen molar-refractivity contribution in [1.82, 2.24) is 4.90 Å². The van der Waals surface area contributed by atoms with Gasteiger partial charge in [-0.3, -0.25) is 4.79 Å². The SMILES string of the molecule is COc1ccccc1CN(C(=O)C1CC1c1ccc(Br)cc1)C1CC1. The van der Waals surface area contributed by atoms with E-state index in [0.29, 0.717) is 24.4 Å². The van der Waals surface area contributed by atoms with Gasteiger partial charge < -0.3 is 9.64 Å². The normalized spacial score (nSPS) is 21.7. The van der Waals surface area contributed by atoms with E-state index < -0.39 is 0 Å². The first-order valence-corrected chi connectivity index (χ1v) is 9.64. The lowest BCUT2D eigenvalue weighted by Gasteiger charge is -2.24. The highest BCUT2D eigenvalue weighted by molar-refractivity contribution is 9.10. The topological polar surface area (TPSA) is 29.5 Å². The van der Waals surface area contributed by atoms with Crippen molar-refractivity contribution in [2.75, 3.05) is 7.11 Å². The van der Waals surface area contributed by atoms with Crippen LogP contribution in [0, 0.1) is 5.92 Å². The fraction of sp³-hybridized carbons (Fsp3) is 0.381. The number of rotatable bonds is 6. The fourth-order valence-corrected chi connectivity index (χ4v) is 3.81. The zero-order valence-electron chi connectivity index (χ0n) is 14.3. The van der Waals surface area contributed by atoms with Crippen LogP contribution in [0.4, 0.5) is 0 Å². The molecular weight excluding hydrogens is 378 g/mol. The number of amides is 1. The predicted octanol–water partition coefficient (Wildman–Crippen LogP) is 4.75. The van der Waals surface area contributed by atoms with E-state index in [2.05, 4.69) is 51.2 Å². The summed E-state index contributed by atoms with van der Waals surface area (Å²) < 4.78 is 6.54. The molecule has 1 amide bonds. The van der Waals surface area contributed by atoms with Crippen molar-refractivity contribution in [1.29, 1.82) is 0 Å². The van der Waals surface area contributed by atoms with Gasteiger partial charge in [-0.15, -0.1) is 0 Å². The lowest BCUT2D eigenvalue weighted by atomic mass is 10.1. The number of carbonyl (C=O) groups is 1. The van der Waals surface area contributed by atoms with E-state index in [1.165, 1.54) is 5.56 Å². The standard InChI is InChI=1S/C21H22BrNO2/c1-25-20-5-3-2-4-15(20)13-23(17-10-11-17)21(24)19-12-18(19)14-6-8-16(22)9-7-14/h2-9,17-19H,10-13H2,1H3. The van der Waals surface area contributed by atoms with Crippen LogP contribution in [0.1, 0.15) is 36.3 Å². The molecule has 2 aliphatic carbocycles. The van der Waals surface area contributed by atoms with E-state index in [1.54, 1.807) is 7.11 Å². The Labute approximate surface area is 157 Å². The summed E-state index contributed by atoms with van der Waals surface area (Å²) in [4.78, 5) is 15.2. The number of hydrogen-bond donors (Lipinski definition) is 0. The maximum atomic E-state index is 13.1. The molecule has 0 spiro atoms. The summed E-state index contributed by atoms with van der Waals surface area (Å²) in [6.45, 7) is 0.650. The molecule has 0 aromatic heterocycles. The van der Waals surface area contributed by atoms with E-state index >= 15 is 0 Å². The molecule has 4 rings (SSSR count). The summed E-state index contributed by atoms with van der Waals surface area (Å²) in [6, 6.07) is 16.8. The Bertz CT molecular complexity index is 770. The van der Waals surface area contributed by atoms with Crippen LogP contribution in [0.5, 0.6) is 5.75 Å². The van der Waals surface area contributed by atoms with Gasteiger partial charge in [-0.2, -0.15) is 0 Å². The van der Waals surface area contributed by atoms with Gasteiger partial charge in [0.1, 0.15) is 5.75 Å². The van der Waals surface area contributed by atoms with Crippen LogP contribution in [0.3, 0.4) is 0 Å². The molecule has 0 heterocycles. The Balaban J connectivity index is 1.48. The Hall–Kier alpha value is -1.81. The molecule has 4 heteroatoms. The third kappa shape index (κ3) is 3.59. The van der Waals surface area contributed by atoms with Gasteiger partial charge in [0, 0.05) is 28.5 Å². The van der Waals surface area contributed by atoms with Crippen LogP contribution in [0.2, 0.25) is 0 Å². The molecule has 25 heavy (non-hydrogen) atoms. The molecule has 2 atom stereocenters. The highest BCUT2D eigenvalue weighted by Crippen LogP contribution is 2.50. The Morgan fingerprint density at radius 1 is 1.16 bits per heavy atom. The van der Waals surface area contributed by atoms with Crippen molar-refractivity contribution in [3.63, 3.8) is 0 Å². The van der Waals surface area contributed by atoms with Crippen molar-refractivity contribution in [3.05, 3.63) is 64.1 Å². The van der Waals surface area contributed by atoms with Crippen LogP contribution < -0.4 is 4.74 Å². The quantitative estimate of drug-likeness (QED) is 0.700. The first kappa shape index (κ1) is 16.6. The van der Waals surface area contributed by atoms with Gasteiger partial charge in [0.15, 0.2) is 0 Å². The molecule has 2 aromatic rings. The molecule has 3 nitrogen and oxygen atoms in total. The number of ether oxygens (including phenoxy) is 1. The van der Waals surface area contributed by atoms with Gasteiger partial charge in [0.25, 0.3) is 0 Å². The summed E-state index contributed by atoms with van der Waals surface area (Å²) in [7, 11) is 1.69. The fourth-order valence-electron chi connectivity index (χ4n) is 3.55. The molecule has 130 valence electrons. The van der Waals surface area contributed by atoms with Crippen LogP contribution in [0.25, 0.3) is 0 Å². The molecule has 2 saturated carbocycles. The second-order valence-corrected chi connectivity index (χ2v) is 7.93. The lowest BCUT2D eigenvalue weighted by molar-refractivity contribution is -0.133. The van der Waals surface area contributed by atoms with Crippen molar-refractivity contribution < 1.29 is 9.53 Å². The van der Waals surface area contributed by atoms with Gasteiger partial charge in [0.05, 0.1) is 7.11 Å². The highest BCUT2D eigenvalue weighted by Gasteiger charge is 2.48. The number of halogens is 1. The smallest absolute Gasteiger partial charge is 0.226 e. The van der Waals surface area contributed by atoms with Crippen LogP contribution in [-0.4, -0.2) is 24.0 Å². The van der Waals surface area contributed by atoms with E-state index in [-0.39, 0.29) is 5.92 Å². The molecule has 0 bridgehead atoms. The monoisotopic (exact) mass is 399 g/mol. The molecule has 0 aliphatic heterocycles. The first-order valence-electron chi connectivity index (χ1n) is 8.85. The summed E-state index contributed by atoms with van der Waals surface area (Å²) in [5.41, 5.74) is 2.36. The number of carbonyl (C=O) groups excluding carboxylic acids is 1. The number of para-hydroxylation sites is 1. The molecule has 0 saturated heterocycles. The number of nitrogens with zero attached hydrogens (tertiary/aromatic N) is 1.